The zero-order chi connectivity index (χ0) is 24.9. The summed E-state index contributed by atoms with van der Waals surface area (Å²) >= 11 is 1.68. The van der Waals surface area contributed by atoms with Crippen LogP contribution in [-0.2, 0) is 0 Å². The number of nitrogens with one attached hydrogen (secondary N) is 2. The summed E-state index contributed by atoms with van der Waals surface area (Å²) in [5.41, 5.74) is 2.05. The maximum atomic E-state index is 12.5. The number of hydrogen-bond acceptors (Lipinski definition) is 6. The number of carbonyl (C=O) groups excluding carboxylic acids is 1. The van der Waals surface area contributed by atoms with E-state index < -0.39 is 0 Å². The van der Waals surface area contributed by atoms with Crippen molar-refractivity contribution < 1.29 is 9.53 Å². The molecule has 4 atom stereocenters. The Balaban J connectivity index is 1.07. The molecule has 4 heterocycles. The van der Waals surface area contributed by atoms with Crippen molar-refractivity contribution in [2.75, 3.05) is 75.9 Å². The Hall–Kier alpha value is -2.42. The molecule has 1 unspecified atom stereocenters. The zero-order valence-corrected chi connectivity index (χ0v) is 22.3. The number of ether oxygens (including phenoxy) is 1. The van der Waals surface area contributed by atoms with Gasteiger partial charge >= 0.3 is 6.03 Å². The Morgan fingerprint density at radius 3 is 2.67 bits per heavy atom. The Morgan fingerprint density at radius 2 is 1.92 bits per heavy atom. The number of methoxy groups -OCH3 is 1. The van der Waals surface area contributed by atoms with Crippen LogP contribution < -0.4 is 20.3 Å². The van der Waals surface area contributed by atoms with Crippen LogP contribution in [0.4, 0.5) is 16.2 Å². The van der Waals surface area contributed by atoms with Crippen LogP contribution in [0.15, 0.2) is 53.4 Å². The lowest BCUT2D eigenvalue weighted by Crippen LogP contribution is -2.59. The molecule has 2 aromatic rings. The number of para-hydroxylation sites is 2. The summed E-state index contributed by atoms with van der Waals surface area (Å²) in [5.74, 6) is 2.46. The molecule has 2 bridgehead atoms. The predicted molar refractivity (Wildman–Crippen MR) is 148 cm³/mol. The number of piperidine rings is 3. The molecule has 194 valence electrons. The molecule has 4 aliphatic rings. The van der Waals surface area contributed by atoms with Gasteiger partial charge in [-0.15, -0.1) is 11.8 Å². The molecule has 8 heteroatoms. The van der Waals surface area contributed by atoms with Gasteiger partial charge in [-0.3, -0.25) is 9.80 Å². The summed E-state index contributed by atoms with van der Waals surface area (Å²) in [4.78, 5) is 21.4. The third-order valence-electron chi connectivity index (χ3n) is 8.13. The van der Waals surface area contributed by atoms with Crippen molar-refractivity contribution in [3.63, 3.8) is 0 Å². The van der Waals surface area contributed by atoms with Gasteiger partial charge in [-0.1, -0.05) is 18.2 Å². The summed E-state index contributed by atoms with van der Waals surface area (Å²) in [7, 11) is 1.75. The number of urea groups is 1. The summed E-state index contributed by atoms with van der Waals surface area (Å²) < 4.78 is 5.57. The lowest BCUT2D eigenvalue weighted by atomic mass is 9.75. The number of benzene rings is 2. The average Bonchev–Trinajstić information content (AvgIpc) is 2.93. The van der Waals surface area contributed by atoms with Gasteiger partial charge < -0.3 is 20.3 Å². The third kappa shape index (κ3) is 5.93. The molecule has 0 saturated carbocycles. The normalized spacial score (nSPS) is 26.0. The van der Waals surface area contributed by atoms with Gasteiger partial charge in [0.05, 0.1) is 12.8 Å². The fraction of sp³-hybridized carbons (Fsp3) is 0.536. The van der Waals surface area contributed by atoms with Crippen LogP contribution in [-0.4, -0.2) is 87.6 Å². The summed E-state index contributed by atoms with van der Waals surface area (Å²) in [6, 6.07) is 16.7. The minimum atomic E-state index is -0.111. The number of carbonyl (C=O) groups is 1. The van der Waals surface area contributed by atoms with Crippen molar-refractivity contribution in [2.45, 2.75) is 23.8 Å². The highest BCUT2D eigenvalue weighted by Crippen LogP contribution is 2.37. The van der Waals surface area contributed by atoms with E-state index in [1.165, 1.54) is 25.1 Å². The summed E-state index contributed by atoms with van der Waals surface area (Å²) in [6.07, 6.45) is 4.52. The van der Waals surface area contributed by atoms with E-state index in [9.17, 15) is 4.79 Å². The van der Waals surface area contributed by atoms with Gasteiger partial charge in [-0.2, -0.15) is 0 Å². The Labute approximate surface area is 219 Å². The second-order valence-corrected chi connectivity index (χ2v) is 11.1. The Morgan fingerprint density at radius 1 is 1.08 bits per heavy atom. The minimum Gasteiger partial charge on any atom is -0.495 e. The van der Waals surface area contributed by atoms with Crippen LogP contribution >= 0.6 is 11.8 Å². The first-order valence-electron chi connectivity index (χ1n) is 13.2. The number of anilines is 2. The lowest BCUT2D eigenvalue weighted by Gasteiger charge is -2.51. The monoisotopic (exact) mass is 509 g/mol. The smallest absolute Gasteiger partial charge is 0.319 e. The molecule has 4 fully saturated rings. The van der Waals surface area contributed by atoms with Crippen LogP contribution in [0.5, 0.6) is 5.75 Å². The topological polar surface area (TPSA) is 60.1 Å². The molecule has 2 amide bonds. The van der Waals surface area contributed by atoms with Crippen LogP contribution in [0.2, 0.25) is 0 Å². The van der Waals surface area contributed by atoms with Crippen LogP contribution in [0, 0.1) is 11.8 Å². The molecule has 36 heavy (non-hydrogen) atoms. The van der Waals surface area contributed by atoms with E-state index in [4.69, 9.17) is 4.74 Å². The largest absolute Gasteiger partial charge is 0.495 e. The number of nitrogens with zero attached hydrogens (tertiary/aromatic N) is 3. The minimum absolute atomic E-state index is 0.111. The quantitative estimate of drug-likeness (QED) is 0.523. The standard InChI is InChI=1S/C28H39N5O2S/c1-35-27-9-4-3-8-26(27)32-14-12-31(13-15-32)19-22-20-33-11-10-21(22)16-24(33)18-29-28(34)30-23-6-5-7-25(17-23)36-2/h3-9,17,21-22,24H,10-16,18-20H2,1-2H3,(H2,29,30,34)/t21-,22+,24+/m0/s1. The van der Waals surface area contributed by atoms with Crippen molar-refractivity contribution in [1.29, 1.82) is 0 Å². The van der Waals surface area contributed by atoms with Gasteiger partial charge in [0, 0.05) is 62.4 Å². The molecule has 0 spiro atoms. The number of fused-ring (bicyclic) bond motifs is 3. The molecule has 6 rings (SSSR count). The first-order valence-corrected chi connectivity index (χ1v) is 14.4. The molecule has 0 radical (unpaired) electrons. The Bertz CT molecular complexity index is 1030. The van der Waals surface area contributed by atoms with E-state index in [1.54, 1.807) is 18.9 Å². The van der Waals surface area contributed by atoms with Gasteiger partial charge in [-0.25, -0.2) is 4.79 Å². The predicted octanol–water partition coefficient (Wildman–Crippen LogP) is 4.07. The number of amides is 2. The third-order valence-corrected chi connectivity index (χ3v) is 8.86. The second-order valence-electron chi connectivity index (χ2n) is 10.2. The molecule has 2 N–H and O–H groups in total. The van der Waals surface area contributed by atoms with Gasteiger partial charge in [0.25, 0.3) is 0 Å². The fourth-order valence-electron chi connectivity index (χ4n) is 6.15. The first kappa shape index (κ1) is 25.2. The fourth-order valence-corrected chi connectivity index (χ4v) is 6.61. The van der Waals surface area contributed by atoms with E-state index >= 15 is 0 Å². The summed E-state index contributed by atoms with van der Waals surface area (Å²) in [5, 5.41) is 6.11. The first-order chi connectivity index (χ1) is 17.6. The van der Waals surface area contributed by atoms with Gasteiger partial charge in [0.15, 0.2) is 0 Å². The molecule has 0 aromatic heterocycles. The van der Waals surface area contributed by atoms with E-state index in [0.717, 1.165) is 74.0 Å². The van der Waals surface area contributed by atoms with Crippen molar-refractivity contribution in [3.8, 4) is 5.75 Å². The van der Waals surface area contributed by atoms with E-state index in [2.05, 4.69) is 43.5 Å². The van der Waals surface area contributed by atoms with E-state index in [-0.39, 0.29) is 6.03 Å². The molecule has 2 aromatic carbocycles. The average molecular weight is 510 g/mol. The van der Waals surface area contributed by atoms with Crippen molar-refractivity contribution in [3.05, 3.63) is 48.5 Å². The number of rotatable bonds is 8. The molecule has 7 nitrogen and oxygen atoms in total. The molecule has 4 saturated heterocycles. The van der Waals surface area contributed by atoms with Crippen LogP contribution in [0.3, 0.4) is 0 Å². The summed E-state index contributed by atoms with van der Waals surface area (Å²) in [6.45, 7) is 8.51. The van der Waals surface area contributed by atoms with E-state index in [1.807, 2.05) is 36.6 Å². The highest BCUT2D eigenvalue weighted by Gasteiger charge is 2.40. The van der Waals surface area contributed by atoms with Gasteiger partial charge in [0.2, 0.25) is 0 Å². The van der Waals surface area contributed by atoms with Gasteiger partial charge in [0.1, 0.15) is 5.75 Å². The molecular formula is C28H39N5O2S. The number of piperazine rings is 1. The molecular weight excluding hydrogens is 470 g/mol. The van der Waals surface area contributed by atoms with Crippen LogP contribution in [0.1, 0.15) is 12.8 Å². The maximum absolute atomic E-state index is 12.5. The highest BCUT2D eigenvalue weighted by molar-refractivity contribution is 7.98. The second kappa shape index (κ2) is 11.8. The van der Waals surface area contributed by atoms with Crippen molar-refractivity contribution in [1.82, 2.24) is 15.1 Å². The highest BCUT2D eigenvalue weighted by atomic mass is 32.2. The van der Waals surface area contributed by atoms with Crippen molar-refractivity contribution in [2.24, 2.45) is 11.8 Å². The lowest BCUT2D eigenvalue weighted by molar-refractivity contribution is -0.0114. The van der Waals surface area contributed by atoms with Crippen LogP contribution in [0.25, 0.3) is 0 Å². The van der Waals surface area contributed by atoms with E-state index in [0.29, 0.717) is 6.04 Å². The maximum Gasteiger partial charge on any atom is 0.319 e. The van der Waals surface area contributed by atoms with Crippen molar-refractivity contribution >= 4 is 29.2 Å². The number of thioether (sulfide) groups is 1. The number of hydrogen-bond donors (Lipinski definition) is 2. The molecule has 4 aliphatic heterocycles. The molecule has 0 aliphatic carbocycles. The zero-order valence-electron chi connectivity index (χ0n) is 21.5. The Kier molecular flexibility index (Phi) is 8.24. The SMILES string of the molecule is COc1ccccc1N1CCN(C[C@@H]2CN3CC[C@H]2C[C@@H]3CNC(=O)Nc2cccc(SC)c2)CC1. The van der Waals surface area contributed by atoms with Gasteiger partial charge in [-0.05, 0) is 67.8 Å².